The first-order valence-electron chi connectivity index (χ1n) is 14.8. The van der Waals surface area contributed by atoms with Crippen molar-refractivity contribution in [2.45, 2.75) is 6.17 Å². The van der Waals surface area contributed by atoms with Crippen LogP contribution in [0, 0.1) is 0 Å². The second-order valence-corrected chi connectivity index (χ2v) is 11.1. The predicted octanol–water partition coefficient (Wildman–Crippen LogP) is 10.6. The third kappa shape index (κ3) is 3.89. The number of hydrogen-bond donors (Lipinski definition) is 1. The van der Waals surface area contributed by atoms with E-state index >= 15 is 0 Å². The van der Waals surface area contributed by atoms with Gasteiger partial charge >= 0.3 is 0 Å². The minimum absolute atomic E-state index is 0.358. The monoisotopic (exact) mass is 566 g/mol. The lowest BCUT2D eigenvalue weighted by atomic mass is 9.94. The molecular formula is C40H26N2O2. The summed E-state index contributed by atoms with van der Waals surface area (Å²) in [6, 6.07) is 50.2. The standard InChI is InChI=1S/C40H26N2O2/c1-4-13-25(14-5-1)28-23-31(26-15-6-2-7-16-26)38-32(24-28)35-30(20-12-22-34(35)44-38)40-41-36(27-17-8-3-9-18-27)39-37(42-40)29-19-10-11-21-33(29)43-39/h1-24,40,42H. The highest BCUT2D eigenvalue weighted by Gasteiger charge is 2.30. The van der Waals surface area contributed by atoms with Gasteiger partial charge in [-0.25, -0.2) is 0 Å². The third-order valence-corrected chi connectivity index (χ3v) is 8.51. The second kappa shape index (κ2) is 9.85. The molecule has 44 heavy (non-hydrogen) atoms. The average molecular weight is 567 g/mol. The number of nitrogens with zero attached hydrogens (tertiary/aromatic N) is 1. The molecule has 8 aromatic rings. The van der Waals surface area contributed by atoms with Crippen molar-refractivity contribution in [3.63, 3.8) is 0 Å². The van der Waals surface area contributed by atoms with Crippen molar-refractivity contribution < 1.29 is 8.83 Å². The van der Waals surface area contributed by atoms with Gasteiger partial charge in [-0.15, -0.1) is 0 Å². The van der Waals surface area contributed by atoms with E-state index in [0.717, 1.165) is 83.4 Å². The summed E-state index contributed by atoms with van der Waals surface area (Å²) in [5.41, 5.74) is 10.9. The Morgan fingerprint density at radius 3 is 1.95 bits per heavy atom. The van der Waals surface area contributed by atoms with E-state index in [0.29, 0.717) is 0 Å². The lowest BCUT2D eigenvalue weighted by Crippen LogP contribution is -2.19. The number of furan rings is 2. The van der Waals surface area contributed by atoms with Gasteiger partial charge in [0.15, 0.2) is 5.76 Å². The fourth-order valence-corrected chi connectivity index (χ4v) is 6.47. The maximum absolute atomic E-state index is 6.70. The molecule has 3 heterocycles. The molecule has 1 atom stereocenters. The Kier molecular flexibility index (Phi) is 5.53. The van der Waals surface area contributed by atoms with Crippen LogP contribution in [0.1, 0.15) is 23.1 Å². The van der Waals surface area contributed by atoms with Crippen LogP contribution in [0.3, 0.4) is 0 Å². The van der Waals surface area contributed by atoms with E-state index in [9.17, 15) is 0 Å². The lowest BCUT2D eigenvalue weighted by Gasteiger charge is -2.24. The van der Waals surface area contributed by atoms with E-state index in [4.69, 9.17) is 13.8 Å². The number of anilines is 1. The van der Waals surface area contributed by atoms with Crippen molar-refractivity contribution in [2.75, 3.05) is 5.32 Å². The van der Waals surface area contributed by atoms with Crippen LogP contribution in [-0.2, 0) is 0 Å². The molecule has 6 aromatic carbocycles. The molecule has 9 rings (SSSR count). The lowest BCUT2D eigenvalue weighted by molar-refractivity contribution is 0.599. The van der Waals surface area contributed by atoms with E-state index in [1.807, 2.05) is 42.5 Å². The van der Waals surface area contributed by atoms with Crippen LogP contribution in [0.15, 0.2) is 159 Å². The molecular weight excluding hydrogens is 540 g/mol. The maximum atomic E-state index is 6.70. The molecule has 0 saturated heterocycles. The van der Waals surface area contributed by atoms with E-state index < -0.39 is 0 Å². The van der Waals surface area contributed by atoms with Gasteiger partial charge in [0, 0.05) is 32.8 Å². The van der Waals surface area contributed by atoms with Crippen molar-refractivity contribution in [1.82, 2.24) is 0 Å². The van der Waals surface area contributed by atoms with E-state index in [2.05, 4.69) is 108 Å². The van der Waals surface area contributed by atoms with Gasteiger partial charge < -0.3 is 14.2 Å². The molecule has 1 N–H and O–H groups in total. The molecule has 1 unspecified atom stereocenters. The molecule has 208 valence electrons. The quantitative estimate of drug-likeness (QED) is 0.231. The topological polar surface area (TPSA) is 50.7 Å². The highest BCUT2D eigenvalue weighted by Crippen LogP contribution is 2.45. The van der Waals surface area contributed by atoms with Gasteiger partial charge in [-0.1, -0.05) is 115 Å². The van der Waals surface area contributed by atoms with E-state index in [1.165, 1.54) is 0 Å². The Labute approximate surface area is 253 Å². The fraction of sp³-hybridized carbons (Fsp3) is 0.0250. The minimum Gasteiger partial charge on any atom is -0.455 e. The van der Waals surface area contributed by atoms with Gasteiger partial charge in [0.1, 0.15) is 28.6 Å². The SMILES string of the molecule is c1ccc(C2=NC(c3cccc4oc5c(-c6ccccc6)cc(-c6ccccc6)cc5c34)Nc3c2oc2ccccc32)cc1. The summed E-state index contributed by atoms with van der Waals surface area (Å²) in [6.07, 6.45) is -0.358. The van der Waals surface area contributed by atoms with Crippen LogP contribution >= 0.6 is 0 Å². The van der Waals surface area contributed by atoms with Gasteiger partial charge in [0.2, 0.25) is 0 Å². The van der Waals surface area contributed by atoms with Crippen molar-refractivity contribution in [3.8, 4) is 22.3 Å². The first kappa shape index (κ1) is 24.7. The van der Waals surface area contributed by atoms with Crippen molar-refractivity contribution in [1.29, 1.82) is 0 Å². The molecule has 0 radical (unpaired) electrons. The highest BCUT2D eigenvalue weighted by atomic mass is 16.3. The molecule has 1 aliphatic heterocycles. The van der Waals surface area contributed by atoms with Crippen LogP contribution in [0.25, 0.3) is 55.2 Å². The van der Waals surface area contributed by atoms with Gasteiger partial charge in [-0.05, 0) is 47.0 Å². The Hall–Kier alpha value is -5.87. The average Bonchev–Trinajstić information content (AvgIpc) is 3.67. The zero-order valence-electron chi connectivity index (χ0n) is 23.7. The van der Waals surface area contributed by atoms with Crippen LogP contribution < -0.4 is 5.32 Å². The normalized spacial score (nSPS) is 14.5. The number of fused-ring (bicyclic) bond motifs is 6. The Bertz CT molecular complexity index is 2350. The summed E-state index contributed by atoms with van der Waals surface area (Å²) in [5.74, 6) is 0.760. The third-order valence-electron chi connectivity index (χ3n) is 8.51. The molecule has 4 heteroatoms. The number of rotatable bonds is 4. The van der Waals surface area contributed by atoms with Crippen molar-refractivity contribution >= 4 is 44.3 Å². The number of aliphatic imine (C=N–C) groups is 1. The molecule has 4 nitrogen and oxygen atoms in total. The summed E-state index contributed by atoms with van der Waals surface area (Å²) in [6.45, 7) is 0. The zero-order chi connectivity index (χ0) is 29.0. The number of hydrogen-bond acceptors (Lipinski definition) is 4. The predicted molar refractivity (Wildman–Crippen MR) is 179 cm³/mol. The molecule has 0 bridgehead atoms. The molecule has 0 fully saturated rings. The largest absolute Gasteiger partial charge is 0.455 e. The Morgan fingerprint density at radius 2 is 1.18 bits per heavy atom. The molecule has 0 amide bonds. The smallest absolute Gasteiger partial charge is 0.177 e. The van der Waals surface area contributed by atoms with Gasteiger partial charge in [-0.3, -0.25) is 4.99 Å². The first-order chi connectivity index (χ1) is 21.8. The van der Waals surface area contributed by atoms with Gasteiger partial charge in [0.05, 0.1) is 5.69 Å². The summed E-state index contributed by atoms with van der Waals surface area (Å²) in [7, 11) is 0. The van der Waals surface area contributed by atoms with Crippen molar-refractivity contribution in [3.05, 3.63) is 162 Å². The van der Waals surface area contributed by atoms with Crippen LogP contribution in [0.4, 0.5) is 5.69 Å². The van der Waals surface area contributed by atoms with Gasteiger partial charge in [0.25, 0.3) is 0 Å². The second-order valence-electron chi connectivity index (χ2n) is 11.1. The first-order valence-corrected chi connectivity index (χ1v) is 14.8. The molecule has 0 spiro atoms. The van der Waals surface area contributed by atoms with E-state index in [-0.39, 0.29) is 6.17 Å². The van der Waals surface area contributed by atoms with Crippen LogP contribution in [0.5, 0.6) is 0 Å². The molecule has 2 aromatic heterocycles. The molecule has 0 aliphatic carbocycles. The maximum Gasteiger partial charge on any atom is 0.177 e. The van der Waals surface area contributed by atoms with Crippen molar-refractivity contribution in [2.24, 2.45) is 4.99 Å². The number of para-hydroxylation sites is 1. The Morgan fingerprint density at radius 1 is 0.523 bits per heavy atom. The fourth-order valence-electron chi connectivity index (χ4n) is 6.47. The van der Waals surface area contributed by atoms with Crippen LogP contribution in [0.2, 0.25) is 0 Å². The summed E-state index contributed by atoms with van der Waals surface area (Å²) >= 11 is 0. The number of nitrogens with one attached hydrogen (secondary N) is 1. The number of benzene rings is 6. The summed E-state index contributed by atoms with van der Waals surface area (Å²) in [5, 5.41) is 6.92. The van der Waals surface area contributed by atoms with Crippen LogP contribution in [-0.4, -0.2) is 5.71 Å². The van der Waals surface area contributed by atoms with Gasteiger partial charge in [-0.2, -0.15) is 0 Å². The molecule has 0 saturated carbocycles. The van der Waals surface area contributed by atoms with E-state index in [1.54, 1.807) is 0 Å². The summed E-state index contributed by atoms with van der Waals surface area (Å²) in [4.78, 5) is 5.33. The molecule has 1 aliphatic rings. The highest BCUT2D eigenvalue weighted by molar-refractivity contribution is 6.19. The Balaban J connectivity index is 1.32. The summed E-state index contributed by atoms with van der Waals surface area (Å²) < 4.78 is 13.1. The zero-order valence-corrected chi connectivity index (χ0v) is 23.7. The minimum atomic E-state index is -0.358.